The largest absolute Gasteiger partial charge is 0.347 e. The first-order chi connectivity index (χ1) is 11.1. The monoisotopic (exact) mass is 310 g/mol. The molecule has 2 unspecified atom stereocenters. The van der Waals surface area contributed by atoms with Crippen LogP contribution in [0.4, 0.5) is 5.69 Å². The van der Waals surface area contributed by atoms with Crippen molar-refractivity contribution in [2.45, 2.75) is 11.7 Å². The van der Waals surface area contributed by atoms with Crippen LogP contribution in [0.25, 0.3) is 10.4 Å². The second-order valence-electron chi connectivity index (χ2n) is 4.94. The maximum atomic E-state index is 12.2. The second-order valence-corrected chi connectivity index (χ2v) is 4.94. The van der Waals surface area contributed by atoms with Crippen LogP contribution in [0.1, 0.15) is 17.2 Å². The van der Waals surface area contributed by atoms with Gasteiger partial charge in [0.05, 0.1) is 4.92 Å². The van der Waals surface area contributed by atoms with Crippen molar-refractivity contribution in [1.82, 2.24) is 0 Å². The SMILES string of the molecule is [N-]=[N+]=NC(=O)C1(c2ccccc2)OC1c1ccc([N+](=O)[O-])cc1. The van der Waals surface area contributed by atoms with Crippen LogP contribution in [-0.2, 0) is 15.1 Å². The average molecular weight is 310 g/mol. The van der Waals surface area contributed by atoms with Crippen LogP contribution >= 0.6 is 0 Å². The third-order valence-electron chi connectivity index (χ3n) is 3.68. The number of hydrogen-bond donors (Lipinski definition) is 0. The molecule has 0 spiro atoms. The number of non-ortho nitro benzene ring substituents is 1. The zero-order chi connectivity index (χ0) is 16.4. The number of hydrogen-bond acceptors (Lipinski definition) is 4. The molecule has 2 atom stereocenters. The van der Waals surface area contributed by atoms with Gasteiger partial charge in [0.2, 0.25) is 0 Å². The van der Waals surface area contributed by atoms with Gasteiger partial charge in [0, 0.05) is 17.0 Å². The Morgan fingerprint density at radius 1 is 1.22 bits per heavy atom. The standard InChI is InChI=1S/C15H10N4O4/c16-18-17-14(20)15(11-4-2-1-3-5-11)13(23-15)10-6-8-12(9-7-10)19(21)22/h1-9,13H. The lowest BCUT2D eigenvalue weighted by Gasteiger charge is -2.09. The van der Waals surface area contributed by atoms with E-state index in [4.69, 9.17) is 10.3 Å². The molecule has 0 N–H and O–H groups in total. The zero-order valence-electron chi connectivity index (χ0n) is 11.7. The summed E-state index contributed by atoms with van der Waals surface area (Å²) in [6.07, 6.45) is -0.649. The summed E-state index contributed by atoms with van der Waals surface area (Å²) in [5, 5.41) is 13.9. The zero-order valence-corrected chi connectivity index (χ0v) is 11.7. The van der Waals surface area contributed by atoms with Crippen LogP contribution in [0.2, 0.25) is 0 Å². The van der Waals surface area contributed by atoms with Crippen molar-refractivity contribution in [2.75, 3.05) is 0 Å². The molecule has 8 nitrogen and oxygen atoms in total. The fraction of sp³-hybridized carbons (Fsp3) is 0.133. The number of nitro groups is 1. The highest BCUT2D eigenvalue weighted by molar-refractivity contribution is 5.91. The van der Waals surface area contributed by atoms with Gasteiger partial charge >= 0.3 is 0 Å². The Kier molecular flexibility index (Phi) is 3.53. The van der Waals surface area contributed by atoms with Gasteiger partial charge in [-0.25, -0.2) is 0 Å². The van der Waals surface area contributed by atoms with Gasteiger partial charge in [0.1, 0.15) is 6.10 Å². The van der Waals surface area contributed by atoms with Crippen molar-refractivity contribution < 1.29 is 14.5 Å². The van der Waals surface area contributed by atoms with Crippen molar-refractivity contribution in [1.29, 1.82) is 0 Å². The number of nitro benzene ring substituents is 1. The molecular weight excluding hydrogens is 300 g/mol. The molecule has 8 heteroatoms. The third kappa shape index (κ3) is 2.42. The normalized spacial score (nSPS) is 22.0. The molecule has 0 radical (unpaired) electrons. The molecule has 23 heavy (non-hydrogen) atoms. The van der Waals surface area contributed by atoms with Crippen molar-refractivity contribution in [3.8, 4) is 0 Å². The fourth-order valence-corrected chi connectivity index (χ4v) is 2.53. The lowest BCUT2D eigenvalue weighted by atomic mass is 9.91. The van der Waals surface area contributed by atoms with Crippen LogP contribution in [0.3, 0.4) is 0 Å². The highest BCUT2D eigenvalue weighted by Crippen LogP contribution is 2.57. The van der Waals surface area contributed by atoms with Gasteiger partial charge in [-0.3, -0.25) is 14.9 Å². The first-order valence-electron chi connectivity index (χ1n) is 6.67. The molecule has 1 aliphatic rings. The van der Waals surface area contributed by atoms with Gasteiger partial charge < -0.3 is 4.74 Å². The summed E-state index contributed by atoms with van der Waals surface area (Å²) in [5.41, 5.74) is 8.28. The van der Waals surface area contributed by atoms with E-state index in [1.807, 2.05) is 0 Å². The molecule has 0 bridgehead atoms. The molecule has 114 valence electrons. The lowest BCUT2D eigenvalue weighted by molar-refractivity contribution is -0.384. The fourth-order valence-electron chi connectivity index (χ4n) is 2.53. The van der Waals surface area contributed by atoms with Crippen molar-refractivity contribution in [3.63, 3.8) is 0 Å². The maximum Gasteiger partial charge on any atom is 0.269 e. The van der Waals surface area contributed by atoms with Crippen molar-refractivity contribution >= 4 is 11.6 Å². The van der Waals surface area contributed by atoms with E-state index in [1.165, 1.54) is 24.3 Å². The molecule has 2 aromatic rings. The first-order valence-corrected chi connectivity index (χ1v) is 6.67. The predicted molar refractivity (Wildman–Crippen MR) is 79.2 cm³/mol. The highest BCUT2D eigenvalue weighted by Gasteiger charge is 2.63. The minimum Gasteiger partial charge on any atom is -0.347 e. The Bertz CT molecular complexity index is 815. The number of nitrogens with zero attached hydrogens (tertiary/aromatic N) is 4. The summed E-state index contributed by atoms with van der Waals surface area (Å²) in [5.74, 6) is -0.741. The van der Waals surface area contributed by atoms with Gasteiger partial charge in [-0.05, 0) is 33.9 Å². The summed E-state index contributed by atoms with van der Waals surface area (Å²) in [6, 6.07) is 14.4. The molecule has 1 fully saturated rings. The van der Waals surface area contributed by atoms with E-state index in [0.29, 0.717) is 11.1 Å². The Balaban J connectivity index is 1.99. The summed E-state index contributed by atoms with van der Waals surface area (Å²) in [7, 11) is 0. The van der Waals surface area contributed by atoms with Crippen molar-refractivity contribution in [2.24, 2.45) is 5.11 Å². The van der Waals surface area contributed by atoms with E-state index < -0.39 is 22.5 Å². The Morgan fingerprint density at radius 3 is 2.43 bits per heavy atom. The third-order valence-corrected chi connectivity index (χ3v) is 3.68. The summed E-state index contributed by atoms with van der Waals surface area (Å²) in [4.78, 5) is 25.0. The van der Waals surface area contributed by atoms with Gasteiger partial charge in [0.25, 0.3) is 11.6 Å². The molecule has 0 saturated carbocycles. The predicted octanol–water partition coefficient (Wildman–Crippen LogP) is 3.40. The number of carbonyl (C=O) groups excluding carboxylic acids is 1. The average Bonchev–Trinajstić information content (AvgIpc) is 3.33. The summed E-state index contributed by atoms with van der Waals surface area (Å²) < 4.78 is 5.61. The second kappa shape index (κ2) is 5.53. The Hall–Kier alpha value is -3.22. The van der Waals surface area contributed by atoms with E-state index in [-0.39, 0.29) is 5.69 Å². The van der Waals surface area contributed by atoms with Gasteiger partial charge in [-0.1, -0.05) is 30.3 Å². The van der Waals surface area contributed by atoms with E-state index in [9.17, 15) is 14.9 Å². The van der Waals surface area contributed by atoms with E-state index in [0.717, 1.165) is 0 Å². The van der Waals surface area contributed by atoms with E-state index in [2.05, 4.69) is 10.0 Å². The molecule has 3 rings (SSSR count). The number of amides is 1. The smallest absolute Gasteiger partial charge is 0.269 e. The Morgan fingerprint density at radius 2 is 1.87 bits per heavy atom. The number of ether oxygens (including phenoxy) is 1. The molecular formula is C15H10N4O4. The summed E-state index contributed by atoms with van der Waals surface area (Å²) >= 11 is 0. The number of carbonyl (C=O) groups is 1. The lowest BCUT2D eigenvalue weighted by Crippen LogP contribution is -2.20. The van der Waals surface area contributed by atoms with Gasteiger partial charge in [-0.2, -0.15) is 0 Å². The molecule has 1 saturated heterocycles. The summed E-state index contributed by atoms with van der Waals surface area (Å²) in [6.45, 7) is 0. The van der Waals surface area contributed by atoms with Gasteiger partial charge in [0.15, 0.2) is 5.60 Å². The van der Waals surface area contributed by atoms with E-state index in [1.54, 1.807) is 30.3 Å². The quantitative estimate of drug-likeness (QED) is 0.214. The van der Waals surface area contributed by atoms with Crippen LogP contribution in [0.5, 0.6) is 0 Å². The topological polar surface area (TPSA) is 122 Å². The van der Waals surface area contributed by atoms with Crippen LogP contribution in [0.15, 0.2) is 59.7 Å². The first kappa shape index (κ1) is 14.7. The minimum absolute atomic E-state index is 0.0546. The number of azide groups is 1. The van der Waals surface area contributed by atoms with E-state index >= 15 is 0 Å². The molecule has 1 aliphatic heterocycles. The molecule has 0 aromatic heterocycles. The van der Waals surface area contributed by atoms with Gasteiger partial charge in [-0.15, -0.1) is 0 Å². The maximum absolute atomic E-state index is 12.2. The molecule has 1 heterocycles. The minimum atomic E-state index is -1.37. The van der Waals surface area contributed by atoms with Crippen LogP contribution < -0.4 is 0 Å². The number of rotatable bonds is 4. The van der Waals surface area contributed by atoms with Crippen LogP contribution in [0, 0.1) is 10.1 Å². The molecule has 0 aliphatic carbocycles. The van der Waals surface area contributed by atoms with Crippen LogP contribution in [-0.4, -0.2) is 10.8 Å². The number of benzene rings is 2. The van der Waals surface area contributed by atoms with Crippen molar-refractivity contribution in [3.05, 3.63) is 86.3 Å². The number of epoxide rings is 1. The highest BCUT2D eigenvalue weighted by atomic mass is 16.6. The molecule has 2 aromatic carbocycles. The molecule has 1 amide bonds. The Labute approximate surface area is 130 Å².